The molecule has 1 N–H and O–H groups in total. The first-order valence-corrected chi connectivity index (χ1v) is 2.03. The van der Waals surface area contributed by atoms with Crippen LogP contribution in [0.15, 0.2) is 12.4 Å². The molecule has 1 heterocycles. The second kappa shape index (κ2) is 4.55. The number of carbonyl (C=O) groups excluding carboxylic acids is 1. The van der Waals surface area contributed by atoms with Crippen molar-refractivity contribution in [2.24, 2.45) is 0 Å². The van der Waals surface area contributed by atoms with E-state index in [2.05, 4.69) is 14.7 Å². The Bertz CT molecular complexity index is 163. The fourth-order valence-electron chi connectivity index (χ4n) is 0.361. The molecule has 0 saturated carbocycles. The summed E-state index contributed by atoms with van der Waals surface area (Å²) in [6.07, 6.45) is 3.07. The summed E-state index contributed by atoms with van der Waals surface area (Å²) in [5.74, 6) is 0. The van der Waals surface area contributed by atoms with Crippen molar-refractivity contribution >= 4 is 36.0 Å². The molecule has 0 unspecified atom stereocenters. The van der Waals surface area contributed by atoms with Gasteiger partial charge in [0.25, 0.3) is 0 Å². The topological polar surface area (TPSA) is 55.0 Å². The normalized spacial score (nSPS) is 7.56. The third-order valence-corrected chi connectivity index (χ3v) is 0.633. The zero-order valence-electron chi connectivity index (χ0n) is 4.00. The summed E-state index contributed by atoms with van der Waals surface area (Å²) in [5, 5.41) is 0. The Morgan fingerprint density at radius 3 is 3.00 bits per heavy atom. The van der Waals surface area contributed by atoms with E-state index in [0.717, 1.165) is 0 Å². The molecule has 0 atom stereocenters. The number of imidazole rings is 1. The second-order valence-electron chi connectivity index (χ2n) is 1.11. The van der Waals surface area contributed by atoms with E-state index in [-0.39, 0.29) is 35.6 Å². The minimum atomic E-state index is 0. The van der Waals surface area contributed by atoms with E-state index in [9.17, 15) is 4.79 Å². The van der Waals surface area contributed by atoms with E-state index in [4.69, 9.17) is 0 Å². The van der Waals surface area contributed by atoms with Gasteiger partial charge >= 0.3 is 42.0 Å². The molecule has 0 amide bonds. The van der Waals surface area contributed by atoms with Crippen LogP contribution in [0.3, 0.4) is 0 Å². The quantitative estimate of drug-likeness (QED) is 0.432. The number of aromatic nitrogens is 2. The van der Waals surface area contributed by atoms with Crippen molar-refractivity contribution in [3.63, 3.8) is 0 Å². The van der Waals surface area contributed by atoms with Gasteiger partial charge in [-0.1, -0.05) is 0 Å². The molecule has 0 spiro atoms. The van der Waals surface area contributed by atoms with Gasteiger partial charge in [-0.05, 0) is 0 Å². The molecule has 1 rings (SSSR count). The fourth-order valence-corrected chi connectivity index (χ4v) is 0.361. The Morgan fingerprint density at radius 1 is 1.78 bits per heavy atom. The van der Waals surface area contributed by atoms with Crippen LogP contribution in [0.1, 0.15) is 0 Å². The summed E-state index contributed by atoms with van der Waals surface area (Å²) >= 11 is 0. The van der Waals surface area contributed by atoms with Crippen LogP contribution in [-0.2, 0) is 4.79 Å². The molecule has 0 aromatic carbocycles. The maximum absolute atomic E-state index is 9.59. The van der Waals surface area contributed by atoms with Crippen molar-refractivity contribution in [1.82, 2.24) is 9.97 Å². The number of ether oxygens (including phenoxy) is 1. The van der Waals surface area contributed by atoms with Crippen LogP contribution < -0.4 is 4.74 Å². The van der Waals surface area contributed by atoms with E-state index < -0.39 is 0 Å². The number of hydrogen-bond donors (Lipinski definition) is 1. The number of aromatic amines is 1. The molecule has 44 valence electrons. The predicted molar refractivity (Wildman–Crippen MR) is 32.4 cm³/mol. The molecule has 0 aliphatic carbocycles. The van der Waals surface area contributed by atoms with Gasteiger partial charge in [-0.3, -0.25) is 4.79 Å². The fraction of sp³-hybridized carbons (Fsp3) is 0. The van der Waals surface area contributed by atoms with Crippen molar-refractivity contribution in [1.29, 1.82) is 0 Å². The van der Waals surface area contributed by atoms with Crippen LogP contribution >= 0.6 is 0 Å². The predicted octanol–water partition coefficient (Wildman–Crippen LogP) is -0.704. The average Bonchev–Trinajstić information content (AvgIpc) is 2.19. The first-order chi connectivity index (χ1) is 3.93. The van der Waals surface area contributed by atoms with Crippen molar-refractivity contribution in [2.45, 2.75) is 0 Å². The number of nitrogens with zero attached hydrogens (tertiary/aromatic N) is 1. The van der Waals surface area contributed by atoms with Gasteiger partial charge < -0.3 is 9.72 Å². The first kappa shape index (κ1) is 8.68. The van der Waals surface area contributed by atoms with Gasteiger partial charge in [-0.2, -0.15) is 0 Å². The van der Waals surface area contributed by atoms with Crippen LogP contribution in [0, 0.1) is 0 Å². The first-order valence-electron chi connectivity index (χ1n) is 2.03. The zero-order valence-corrected chi connectivity index (χ0v) is 4.00. The summed E-state index contributed by atoms with van der Waals surface area (Å²) in [5.41, 5.74) is 0. The van der Waals surface area contributed by atoms with Crippen molar-refractivity contribution < 1.29 is 9.53 Å². The summed E-state index contributed by atoms with van der Waals surface area (Å²) in [7, 11) is 0. The molecule has 1 aromatic rings. The van der Waals surface area contributed by atoms with Crippen molar-refractivity contribution in [3.8, 4) is 6.01 Å². The van der Waals surface area contributed by atoms with Gasteiger partial charge in [0.05, 0.1) is 0 Å². The molecule has 0 saturated heterocycles. The summed E-state index contributed by atoms with van der Waals surface area (Å²) in [6.45, 7) is 0.318. The molecule has 0 aliphatic rings. The maximum atomic E-state index is 9.59. The van der Waals surface area contributed by atoms with Gasteiger partial charge in [-0.15, -0.1) is 0 Å². The third kappa shape index (κ3) is 2.64. The van der Waals surface area contributed by atoms with Gasteiger partial charge in [0, 0.05) is 12.4 Å². The molecule has 1 aromatic heterocycles. The van der Waals surface area contributed by atoms with E-state index in [1.165, 1.54) is 6.20 Å². The molecule has 0 radical (unpaired) electrons. The van der Waals surface area contributed by atoms with Crippen LogP contribution in [0.5, 0.6) is 6.01 Å². The number of nitrogens with one attached hydrogen (secondary N) is 1. The molecule has 9 heavy (non-hydrogen) atoms. The standard InChI is InChI=1S/C4H4N2O2.Na.H/c7-3-8-4-5-1-2-6-4;;/h1-3H,(H,5,6);;. The SMILES string of the molecule is O=COc1ncc[nH]1.[NaH]. The Balaban J connectivity index is 0.000000640. The number of hydrogen-bond acceptors (Lipinski definition) is 3. The third-order valence-electron chi connectivity index (χ3n) is 0.633. The summed E-state index contributed by atoms with van der Waals surface area (Å²) in [6, 6.07) is 0.222. The van der Waals surface area contributed by atoms with Crippen LogP contribution in [0.25, 0.3) is 0 Å². The molecular formula is C4H5N2NaO2. The second-order valence-corrected chi connectivity index (χ2v) is 1.11. The summed E-state index contributed by atoms with van der Waals surface area (Å²) < 4.78 is 4.30. The van der Waals surface area contributed by atoms with Crippen molar-refractivity contribution in [3.05, 3.63) is 12.4 Å². The Morgan fingerprint density at radius 2 is 2.56 bits per heavy atom. The molecule has 0 fully saturated rings. The van der Waals surface area contributed by atoms with Crippen LogP contribution in [0.2, 0.25) is 0 Å². The number of rotatable bonds is 2. The molecule has 5 heteroatoms. The van der Waals surface area contributed by atoms with Crippen LogP contribution in [0.4, 0.5) is 0 Å². The Hall–Kier alpha value is -0.320. The molecular weight excluding hydrogens is 131 g/mol. The number of carbonyl (C=O) groups is 1. The zero-order chi connectivity index (χ0) is 5.82. The average molecular weight is 136 g/mol. The monoisotopic (exact) mass is 136 g/mol. The van der Waals surface area contributed by atoms with E-state index in [1.807, 2.05) is 0 Å². The molecule has 0 aliphatic heterocycles. The van der Waals surface area contributed by atoms with E-state index >= 15 is 0 Å². The van der Waals surface area contributed by atoms with Gasteiger partial charge in [-0.25, -0.2) is 4.98 Å². The van der Waals surface area contributed by atoms with Gasteiger partial charge in [0.2, 0.25) is 0 Å². The molecule has 4 nitrogen and oxygen atoms in total. The van der Waals surface area contributed by atoms with E-state index in [1.54, 1.807) is 6.20 Å². The Kier molecular flexibility index (Phi) is 4.39. The summed E-state index contributed by atoms with van der Waals surface area (Å²) in [4.78, 5) is 15.8. The van der Waals surface area contributed by atoms with E-state index in [0.29, 0.717) is 6.47 Å². The molecule has 0 bridgehead atoms. The Labute approximate surface area is 73.9 Å². The van der Waals surface area contributed by atoms with Crippen LogP contribution in [-0.4, -0.2) is 46.0 Å². The minimum absolute atomic E-state index is 0. The van der Waals surface area contributed by atoms with Gasteiger partial charge in [0.15, 0.2) is 0 Å². The van der Waals surface area contributed by atoms with Crippen molar-refractivity contribution in [2.75, 3.05) is 0 Å². The van der Waals surface area contributed by atoms with Gasteiger partial charge in [0.1, 0.15) is 0 Å². The number of H-pyrrole nitrogens is 1.